The number of amides is 2. The van der Waals surface area contributed by atoms with E-state index < -0.39 is 23.6 Å². The molecular weight excluding hydrogens is 395 g/mol. The summed E-state index contributed by atoms with van der Waals surface area (Å²) in [6, 6.07) is 8.12. The van der Waals surface area contributed by atoms with E-state index in [-0.39, 0.29) is 41.7 Å². The summed E-state index contributed by atoms with van der Waals surface area (Å²) in [5, 5.41) is 13.8. The molecule has 0 spiro atoms. The summed E-state index contributed by atoms with van der Waals surface area (Å²) in [4.78, 5) is 35.0. The maximum absolute atomic E-state index is 13.4. The first-order chi connectivity index (χ1) is 14.3. The fourth-order valence-electron chi connectivity index (χ4n) is 2.45. The third-order valence-electron chi connectivity index (χ3n) is 3.65. The molecule has 0 atom stereocenters. The van der Waals surface area contributed by atoms with Crippen LogP contribution in [0.25, 0.3) is 0 Å². The van der Waals surface area contributed by atoms with E-state index in [1.807, 2.05) is 0 Å². The second-order valence-electron chi connectivity index (χ2n) is 5.84. The lowest BCUT2D eigenvalue weighted by Gasteiger charge is -2.17. The molecular formula is C21H21FN2O6. The van der Waals surface area contributed by atoms with Gasteiger partial charge in [-0.25, -0.2) is 9.18 Å². The van der Waals surface area contributed by atoms with Gasteiger partial charge in [-0.15, -0.1) is 0 Å². The predicted octanol–water partition coefficient (Wildman–Crippen LogP) is 3.45. The third kappa shape index (κ3) is 6.33. The molecule has 0 aromatic heterocycles. The highest BCUT2D eigenvalue weighted by atomic mass is 19.1. The summed E-state index contributed by atoms with van der Waals surface area (Å²) >= 11 is 0. The highest BCUT2D eigenvalue weighted by molar-refractivity contribution is 6.06. The van der Waals surface area contributed by atoms with Crippen LogP contribution in [-0.4, -0.2) is 36.1 Å². The van der Waals surface area contributed by atoms with E-state index in [4.69, 9.17) is 14.6 Å². The van der Waals surface area contributed by atoms with Crippen LogP contribution in [0.2, 0.25) is 0 Å². The Morgan fingerprint density at radius 3 is 2.10 bits per heavy atom. The molecule has 2 aromatic carbocycles. The van der Waals surface area contributed by atoms with Gasteiger partial charge in [0, 0.05) is 29.8 Å². The molecule has 0 bridgehead atoms. The lowest BCUT2D eigenvalue weighted by Crippen LogP contribution is -2.15. The lowest BCUT2D eigenvalue weighted by molar-refractivity contribution is -0.131. The second-order valence-corrected chi connectivity index (χ2v) is 5.84. The molecule has 0 unspecified atom stereocenters. The molecule has 158 valence electrons. The van der Waals surface area contributed by atoms with Crippen molar-refractivity contribution in [3.63, 3.8) is 0 Å². The average Bonchev–Trinajstić information content (AvgIpc) is 2.69. The van der Waals surface area contributed by atoms with Gasteiger partial charge in [0.1, 0.15) is 17.3 Å². The molecule has 0 saturated heterocycles. The van der Waals surface area contributed by atoms with Crippen LogP contribution >= 0.6 is 0 Å². The third-order valence-corrected chi connectivity index (χ3v) is 3.65. The summed E-state index contributed by atoms with van der Waals surface area (Å²) < 4.78 is 24.5. The maximum Gasteiger partial charge on any atom is 0.328 e. The van der Waals surface area contributed by atoms with Crippen LogP contribution in [-0.2, 0) is 9.59 Å². The standard InChI is InChI=1S/C21H21FN2O6/c1-3-29-17-12-16(24-21(28)13-6-5-7-14(22)10-13)18(30-4-2)11-15(17)23-19(25)8-9-20(26)27/h5-12H,3-4H2,1-2H3,(H,23,25)(H,24,28)(H,26,27)/b9-8+. The number of ether oxygens (including phenoxy) is 2. The molecule has 30 heavy (non-hydrogen) atoms. The van der Waals surface area contributed by atoms with E-state index in [0.29, 0.717) is 6.08 Å². The summed E-state index contributed by atoms with van der Waals surface area (Å²) in [6.07, 6.45) is 1.56. The lowest BCUT2D eigenvalue weighted by atomic mass is 10.2. The van der Waals surface area contributed by atoms with Gasteiger partial charge < -0.3 is 25.2 Å². The Kier molecular flexibility index (Phi) is 7.92. The molecule has 8 nitrogen and oxygen atoms in total. The van der Waals surface area contributed by atoms with Crippen LogP contribution in [0.4, 0.5) is 15.8 Å². The monoisotopic (exact) mass is 416 g/mol. The van der Waals surface area contributed by atoms with E-state index in [9.17, 15) is 18.8 Å². The fourth-order valence-corrected chi connectivity index (χ4v) is 2.45. The zero-order valence-electron chi connectivity index (χ0n) is 16.4. The molecule has 0 radical (unpaired) electrons. The van der Waals surface area contributed by atoms with Gasteiger partial charge in [-0.05, 0) is 32.0 Å². The van der Waals surface area contributed by atoms with Gasteiger partial charge in [0.2, 0.25) is 5.91 Å². The van der Waals surface area contributed by atoms with Crippen LogP contribution in [0.3, 0.4) is 0 Å². The highest BCUT2D eigenvalue weighted by Crippen LogP contribution is 2.37. The number of carboxylic acids is 1. The van der Waals surface area contributed by atoms with Crippen LogP contribution in [0.15, 0.2) is 48.6 Å². The molecule has 0 aliphatic rings. The first kappa shape index (κ1) is 22.4. The van der Waals surface area contributed by atoms with E-state index in [2.05, 4.69) is 10.6 Å². The zero-order valence-corrected chi connectivity index (χ0v) is 16.4. The average molecular weight is 416 g/mol. The zero-order chi connectivity index (χ0) is 22.1. The number of hydrogen-bond donors (Lipinski definition) is 3. The molecule has 9 heteroatoms. The van der Waals surface area contributed by atoms with Crippen LogP contribution in [0, 0.1) is 5.82 Å². The number of hydrogen-bond acceptors (Lipinski definition) is 5. The molecule has 3 N–H and O–H groups in total. The fraction of sp³-hybridized carbons (Fsp3) is 0.190. The van der Waals surface area contributed by atoms with Crippen LogP contribution in [0.1, 0.15) is 24.2 Å². The number of carbonyl (C=O) groups is 3. The number of anilines is 2. The molecule has 2 amide bonds. The van der Waals surface area contributed by atoms with Crippen molar-refractivity contribution in [2.75, 3.05) is 23.8 Å². The molecule has 0 aliphatic heterocycles. The minimum absolute atomic E-state index is 0.117. The van der Waals surface area contributed by atoms with E-state index in [0.717, 1.165) is 12.1 Å². The topological polar surface area (TPSA) is 114 Å². The van der Waals surface area contributed by atoms with Gasteiger partial charge in [-0.1, -0.05) is 6.07 Å². The van der Waals surface area contributed by atoms with Crippen molar-refractivity contribution in [1.82, 2.24) is 0 Å². The van der Waals surface area contributed by atoms with Crippen molar-refractivity contribution in [2.24, 2.45) is 0 Å². The Morgan fingerprint density at radius 1 is 0.967 bits per heavy atom. The normalized spacial score (nSPS) is 10.5. The molecule has 2 aromatic rings. The molecule has 0 aliphatic carbocycles. The number of nitrogens with one attached hydrogen (secondary N) is 2. The summed E-state index contributed by atoms with van der Waals surface area (Å²) in [7, 11) is 0. The van der Waals surface area contributed by atoms with Gasteiger partial charge >= 0.3 is 5.97 Å². The molecule has 2 rings (SSSR count). The van der Waals surface area contributed by atoms with Gasteiger partial charge in [0.25, 0.3) is 5.91 Å². The van der Waals surface area contributed by atoms with Crippen molar-refractivity contribution in [3.05, 3.63) is 59.9 Å². The van der Waals surface area contributed by atoms with E-state index >= 15 is 0 Å². The number of benzene rings is 2. The predicted molar refractivity (Wildman–Crippen MR) is 109 cm³/mol. The molecule has 0 saturated carbocycles. The van der Waals surface area contributed by atoms with E-state index in [1.165, 1.54) is 30.3 Å². The van der Waals surface area contributed by atoms with Crippen molar-refractivity contribution < 1.29 is 33.4 Å². The van der Waals surface area contributed by atoms with Crippen molar-refractivity contribution in [3.8, 4) is 11.5 Å². The smallest absolute Gasteiger partial charge is 0.328 e. The van der Waals surface area contributed by atoms with Crippen molar-refractivity contribution in [2.45, 2.75) is 13.8 Å². The van der Waals surface area contributed by atoms with Gasteiger partial charge in [-0.2, -0.15) is 0 Å². The summed E-state index contributed by atoms with van der Waals surface area (Å²) in [5.74, 6) is -2.58. The number of carboxylic acid groups (broad SMARTS) is 1. The summed E-state index contributed by atoms with van der Waals surface area (Å²) in [5.41, 5.74) is 0.601. The molecule has 0 heterocycles. The quantitative estimate of drug-likeness (QED) is 0.540. The largest absolute Gasteiger partial charge is 0.492 e. The summed E-state index contributed by atoms with van der Waals surface area (Å²) in [6.45, 7) is 4.00. The number of carbonyl (C=O) groups excluding carboxylic acids is 2. The first-order valence-electron chi connectivity index (χ1n) is 9.06. The number of halogens is 1. The van der Waals surface area contributed by atoms with Crippen molar-refractivity contribution >= 4 is 29.2 Å². The van der Waals surface area contributed by atoms with Crippen LogP contribution in [0.5, 0.6) is 11.5 Å². The van der Waals surface area contributed by atoms with Crippen LogP contribution < -0.4 is 20.1 Å². The SMILES string of the molecule is CCOc1cc(NC(=O)c2cccc(F)c2)c(OCC)cc1NC(=O)/C=C/C(=O)O. The van der Waals surface area contributed by atoms with Gasteiger partial charge in [-0.3, -0.25) is 9.59 Å². The first-order valence-corrected chi connectivity index (χ1v) is 9.06. The van der Waals surface area contributed by atoms with Crippen molar-refractivity contribution in [1.29, 1.82) is 0 Å². The molecule has 0 fully saturated rings. The van der Waals surface area contributed by atoms with E-state index in [1.54, 1.807) is 13.8 Å². The van der Waals surface area contributed by atoms with Gasteiger partial charge in [0.05, 0.1) is 24.6 Å². The number of rotatable bonds is 9. The Hall–Kier alpha value is -3.88. The Labute approximate surface area is 172 Å². The highest BCUT2D eigenvalue weighted by Gasteiger charge is 2.17. The minimum Gasteiger partial charge on any atom is -0.492 e. The Balaban J connectivity index is 2.37. The number of aliphatic carboxylic acids is 1. The van der Waals surface area contributed by atoms with Gasteiger partial charge in [0.15, 0.2) is 0 Å². The maximum atomic E-state index is 13.4. The minimum atomic E-state index is -1.26. The second kappa shape index (κ2) is 10.6. The Bertz CT molecular complexity index is 974. The Morgan fingerprint density at radius 2 is 1.57 bits per heavy atom.